The summed E-state index contributed by atoms with van der Waals surface area (Å²) in [4.78, 5) is 0. The molecular weight excluding hydrogens is 789 g/mol. The average molecular weight is 900 g/mol. The van der Waals surface area contributed by atoms with Gasteiger partial charge in [0.25, 0.3) is 0 Å². The third-order valence-corrected chi connectivity index (χ3v) is 16.5. The summed E-state index contributed by atoms with van der Waals surface area (Å²) >= 11 is 0. The van der Waals surface area contributed by atoms with Gasteiger partial charge in [-0.25, -0.2) is 0 Å². The first-order chi connectivity index (χ1) is 31.2. The van der Waals surface area contributed by atoms with Crippen LogP contribution in [0.5, 0.6) is 0 Å². The van der Waals surface area contributed by atoms with E-state index in [-0.39, 0.29) is 6.10 Å². The summed E-state index contributed by atoms with van der Waals surface area (Å²) in [5.74, 6) is 4.22. The summed E-state index contributed by atoms with van der Waals surface area (Å²) in [7, 11) is 0. The highest BCUT2D eigenvalue weighted by Gasteiger charge is 2.47. The molecule has 0 spiro atoms. The highest BCUT2D eigenvalue weighted by atomic mass is 16.5. The molecular formula is C59H110O5. The molecule has 5 heteroatoms. The molecule has 1 saturated carbocycles. The number of allylic oxidation sites excluding steroid dienone is 4. The van der Waals surface area contributed by atoms with E-state index in [2.05, 4.69) is 66.7 Å². The first kappa shape index (κ1) is 57.6. The lowest BCUT2D eigenvalue weighted by Gasteiger charge is -2.42. The van der Waals surface area contributed by atoms with Crippen LogP contribution in [0, 0.1) is 40.4 Å². The summed E-state index contributed by atoms with van der Waals surface area (Å²) in [6.45, 7) is 24.6. The number of hydrogen-bond donors (Lipinski definition) is 0. The zero-order valence-electron chi connectivity index (χ0n) is 44.0. The predicted octanol–water partition coefficient (Wildman–Crippen LogP) is 17.2. The molecule has 3 rings (SSSR count). The van der Waals surface area contributed by atoms with Crippen molar-refractivity contribution in [1.82, 2.24) is 0 Å². The lowest BCUT2D eigenvalue weighted by Crippen LogP contribution is -2.33. The van der Waals surface area contributed by atoms with Crippen molar-refractivity contribution >= 4 is 0 Å². The highest BCUT2D eigenvalue weighted by Crippen LogP contribution is 2.57. The van der Waals surface area contributed by atoms with E-state index in [1.807, 2.05) is 0 Å². The van der Waals surface area contributed by atoms with E-state index in [0.29, 0.717) is 23.4 Å². The minimum absolute atomic E-state index is 0.178. The van der Waals surface area contributed by atoms with E-state index in [1.54, 1.807) is 5.57 Å². The highest BCUT2D eigenvalue weighted by molar-refractivity contribution is 5.12. The molecule has 0 radical (unpaired) electrons. The van der Waals surface area contributed by atoms with E-state index in [1.165, 1.54) is 154 Å². The molecule has 0 aromatic heterocycles. The van der Waals surface area contributed by atoms with Gasteiger partial charge in [-0.1, -0.05) is 149 Å². The number of unbranched alkanes of at least 4 members (excludes halogenated alkanes) is 12. The molecule has 0 aromatic carbocycles. The van der Waals surface area contributed by atoms with Gasteiger partial charge in [-0.3, -0.25) is 0 Å². The molecule has 3 aliphatic rings. The molecule has 1 unspecified atom stereocenters. The molecule has 0 N–H and O–H groups in total. The molecule has 1 aliphatic heterocycles. The Labute approximate surface area is 399 Å². The topological polar surface area (TPSA) is 46.2 Å². The number of ether oxygens (including phenoxy) is 5. The van der Waals surface area contributed by atoms with E-state index < -0.39 is 0 Å². The minimum Gasteiger partial charge on any atom is -0.381 e. The molecule has 0 bridgehead atoms. The van der Waals surface area contributed by atoms with Gasteiger partial charge in [0, 0.05) is 52.9 Å². The van der Waals surface area contributed by atoms with Gasteiger partial charge in [0.1, 0.15) is 0 Å². The van der Waals surface area contributed by atoms with Gasteiger partial charge < -0.3 is 23.7 Å². The Morgan fingerprint density at radius 3 is 1.97 bits per heavy atom. The summed E-state index contributed by atoms with van der Waals surface area (Å²) < 4.78 is 30.4. The Bertz CT molecular complexity index is 1140. The Morgan fingerprint density at radius 1 is 0.656 bits per heavy atom. The first-order valence-corrected chi connectivity index (χ1v) is 28.4. The Hall–Kier alpha value is -0.720. The normalized spacial score (nSPS) is 25.5. The zero-order chi connectivity index (χ0) is 46.0. The van der Waals surface area contributed by atoms with Gasteiger partial charge >= 0.3 is 0 Å². The standard InChI is InChI=1S/C59H110O5/c1-8-9-10-11-12-13-14-15-16-17-18-19-20-21-22-23-41-63-50-56(49-54-36-47-62-48-37-54)64-46-29-45-61-44-28-43-60-42-27-39-58(6)38-26-40-59(7)55(33-25-32-53(58)5)34-35-57(59)52(4)31-24-30-51(2)3/h15-16,32,51-52,54-57H,8-14,17-31,33-50H2,1-7H3/b16-15-,53-32-/t52-,55-,56?,57-,58+,59+/m1/s1. The number of fused-ring (bicyclic) bond motifs is 1. The fourth-order valence-corrected chi connectivity index (χ4v) is 12.0. The molecule has 64 heavy (non-hydrogen) atoms. The van der Waals surface area contributed by atoms with Crippen LogP contribution < -0.4 is 0 Å². The van der Waals surface area contributed by atoms with E-state index in [4.69, 9.17) is 23.7 Å². The van der Waals surface area contributed by atoms with Crippen molar-refractivity contribution in [3.05, 3.63) is 23.8 Å². The molecule has 0 amide bonds. The molecule has 1 saturated heterocycles. The quantitative estimate of drug-likeness (QED) is 0.0456. The third-order valence-electron chi connectivity index (χ3n) is 16.5. The van der Waals surface area contributed by atoms with Gasteiger partial charge in [-0.2, -0.15) is 0 Å². The van der Waals surface area contributed by atoms with E-state index in [9.17, 15) is 0 Å². The average Bonchev–Trinajstić information content (AvgIpc) is 3.61. The zero-order valence-corrected chi connectivity index (χ0v) is 44.0. The summed E-state index contributed by atoms with van der Waals surface area (Å²) in [5, 5.41) is 0. The number of hydrogen-bond acceptors (Lipinski definition) is 5. The van der Waals surface area contributed by atoms with Gasteiger partial charge in [0.2, 0.25) is 0 Å². The smallest absolute Gasteiger partial charge is 0.0811 e. The molecule has 2 fully saturated rings. The third kappa shape index (κ3) is 25.1. The molecule has 1 heterocycles. The van der Waals surface area contributed by atoms with Crippen LogP contribution in [0.1, 0.15) is 248 Å². The lowest BCUT2D eigenvalue weighted by atomic mass is 9.63. The molecule has 0 aromatic rings. The first-order valence-electron chi connectivity index (χ1n) is 28.4. The van der Waals surface area contributed by atoms with Crippen molar-refractivity contribution in [2.45, 2.75) is 254 Å². The maximum Gasteiger partial charge on any atom is 0.0811 e. The maximum absolute atomic E-state index is 6.42. The SMILES string of the molecule is CCCCCCCC/C=C\CCCCCCCCOCC(CC1CCOCC1)OCCCOCCCOCCC[C@]1(C)CCC[C@@]2(C)[C@H](CC/C=C\1C)CC[C@@H]2[C@H](C)CCCC(C)C. The summed E-state index contributed by atoms with van der Waals surface area (Å²) in [6, 6.07) is 0. The van der Waals surface area contributed by atoms with Crippen molar-refractivity contribution in [3.63, 3.8) is 0 Å². The van der Waals surface area contributed by atoms with Gasteiger partial charge in [0.05, 0.1) is 12.7 Å². The molecule has 376 valence electrons. The van der Waals surface area contributed by atoms with Gasteiger partial charge in [-0.05, 0) is 163 Å². The lowest BCUT2D eigenvalue weighted by molar-refractivity contribution is -0.0440. The van der Waals surface area contributed by atoms with Crippen molar-refractivity contribution in [2.75, 3.05) is 59.5 Å². The van der Waals surface area contributed by atoms with Crippen LogP contribution in [0.15, 0.2) is 23.8 Å². The second-order valence-electron chi connectivity index (χ2n) is 22.4. The van der Waals surface area contributed by atoms with Gasteiger partial charge in [0.15, 0.2) is 0 Å². The predicted molar refractivity (Wildman–Crippen MR) is 275 cm³/mol. The van der Waals surface area contributed by atoms with Crippen molar-refractivity contribution in [2.24, 2.45) is 40.4 Å². The van der Waals surface area contributed by atoms with Crippen molar-refractivity contribution in [1.29, 1.82) is 0 Å². The van der Waals surface area contributed by atoms with Crippen LogP contribution in [0.2, 0.25) is 0 Å². The molecule has 5 nitrogen and oxygen atoms in total. The molecule has 6 atom stereocenters. The number of rotatable bonds is 38. The van der Waals surface area contributed by atoms with Crippen molar-refractivity contribution < 1.29 is 23.7 Å². The second-order valence-corrected chi connectivity index (χ2v) is 22.4. The van der Waals surface area contributed by atoms with Crippen LogP contribution in [0.25, 0.3) is 0 Å². The maximum atomic E-state index is 6.42. The summed E-state index contributed by atoms with van der Waals surface area (Å²) in [6.07, 6.45) is 47.9. The van der Waals surface area contributed by atoms with E-state index in [0.717, 1.165) is 121 Å². The fourth-order valence-electron chi connectivity index (χ4n) is 12.0. The fraction of sp³-hybridized carbons (Fsp3) is 0.932. The Morgan fingerprint density at radius 2 is 1.28 bits per heavy atom. The second kappa shape index (κ2) is 36.3. The van der Waals surface area contributed by atoms with E-state index >= 15 is 0 Å². The van der Waals surface area contributed by atoms with Crippen molar-refractivity contribution in [3.8, 4) is 0 Å². The molecule has 2 aliphatic carbocycles. The van der Waals surface area contributed by atoms with Gasteiger partial charge in [-0.15, -0.1) is 0 Å². The summed E-state index contributed by atoms with van der Waals surface area (Å²) in [5.41, 5.74) is 2.46. The largest absolute Gasteiger partial charge is 0.381 e. The Kier molecular flexibility index (Phi) is 32.7. The Balaban J connectivity index is 1.20. The monoisotopic (exact) mass is 899 g/mol. The van der Waals surface area contributed by atoms with Crippen LogP contribution in [0.4, 0.5) is 0 Å². The van der Waals surface area contributed by atoms with Crippen LogP contribution in [-0.2, 0) is 23.7 Å². The minimum atomic E-state index is 0.178. The van der Waals surface area contributed by atoms with Crippen LogP contribution in [0.3, 0.4) is 0 Å². The van der Waals surface area contributed by atoms with Crippen LogP contribution in [-0.4, -0.2) is 65.6 Å². The van der Waals surface area contributed by atoms with Crippen LogP contribution >= 0.6 is 0 Å².